The van der Waals surface area contributed by atoms with Crippen LogP contribution in [0.4, 0.5) is 19.4 Å². The fourth-order valence-corrected chi connectivity index (χ4v) is 4.78. The Morgan fingerprint density at radius 1 is 0.833 bits per heavy atom. The van der Waals surface area contributed by atoms with Crippen LogP contribution in [-0.4, -0.2) is 53.0 Å². The summed E-state index contributed by atoms with van der Waals surface area (Å²) in [5.74, 6) is -1.62. The molecule has 4 aromatic heterocycles. The van der Waals surface area contributed by atoms with Crippen LogP contribution in [0.3, 0.4) is 0 Å². The van der Waals surface area contributed by atoms with Gasteiger partial charge in [0.25, 0.3) is 0 Å². The minimum Gasteiger partial charge on any atom is -0.444 e. The van der Waals surface area contributed by atoms with Crippen molar-refractivity contribution in [1.82, 2.24) is 34.8 Å². The van der Waals surface area contributed by atoms with Crippen LogP contribution in [0, 0.1) is 11.6 Å². The quantitative estimate of drug-likeness (QED) is 0.185. The fraction of sp³-hybridized carbons (Fsp3) is 0.314. The minimum atomic E-state index is -1.02. The molecule has 0 saturated carbocycles. The molecule has 0 saturated heterocycles. The van der Waals surface area contributed by atoms with E-state index in [1.54, 1.807) is 54.9 Å². The van der Waals surface area contributed by atoms with Crippen molar-refractivity contribution in [3.05, 3.63) is 102 Å². The zero-order valence-corrected chi connectivity index (χ0v) is 27.7. The smallest absolute Gasteiger partial charge is 0.408 e. The van der Waals surface area contributed by atoms with Crippen molar-refractivity contribution < 1.29 is 23.1 Å². The van der Waals surface area contributed by atoms with Crippen molar-refractivity contribution in [2.75, 3.05) is 5.73 Å². The van der Waals surface area contributed by atoms with Crippen molar-refractivity contribution in [1.29, 1.82) is 0 Å². The number of hydrogen-bond acceptors (Lipinski definition) is 8. The Morgan fingerprint density at radius 3 is 1.92 bits per heavy atom. The van der Waals surface area contributed by atoms with E-state index in [1.165, 1.54) is 6.07 Å². The van der Waals surface area contributed by atoms with Gasteiger partial charge in [0, 0.05) is 60.8 Å². The Hall–Kier alpha value is -5.46. The van der Waals surface area contributed by atoms with Crippen LogP contribution in [0.25, 0.3) is 22.5 Å². The third-order valence-electron chi connectivity index (χ3n) is 7.08. The number of hydrogen-bond donors (Lipinski definition) is 2. The number of carbonyl (C=O) groups is 2. The summed E-state index contributed by atoms with van der Waals surface area (Å²) in [6.07, 6.45) is 6.01. The van der Waals surface area contributed by atoms with Gasteiger partial charge in [0.1, 0.15) is 11.4 Å². The van der Waals surface area contributed by atoms with Crippen molar-refractivity contribution >= 4 is 17.7 Å². The van der Waals surface area contributed by atoms with Gasteiger partial charge >= 0.3 is 6.09 Å². The summed E-state index contributed by atoms with van der Waals surface area (Å²) in [6.45, 7) is 10.4. The van der Waals surface area contributed by atoms with E-state index in [9.17, 15) is 18.4 Å². The SMILES string of the molecule is CCn1nc(-c2ccncc2)cc1CC(=O)C(Cc1ccc(F)c(F)c1)NC(=O)OC(C)(C)C.CCn1nc(-c2ccncc2)cc1N. The second-order valence-electron chi connectivity index (χ2n) is 11.9. The maximum Gasteiger partial charge on any atom is 0.408 e. The topological polar surface area (TPSA) is 143 Å². The summed E-state index contributed by atoms with van der Waals surface area (Å²) in [7, 11) is 0. The van der Waals surface area contributed by atoms with Crippen LogP contribution in [-0.2, 0) is 35.5 Å². The van der Waals surface area contributed by atoms with Gasteiger partial charge in [-0.1, -0.05) is 6.07 Å². The van der Waals surface area contributed by atoms with E-state index >= 15 is 0 Å². The van der Waals surface area contributed by atoms with Gasteiger partial charge in [-0.3, -0.25) is 19.4 Å². The van der Waals surface area contributed by atoms with E-state index in [0.717, 1.165) is 35.5 Å². The molecule has 252 valence electrons. The number of nitrogens with one attached hydrogen (secondary N) is 1. The summed E-state index contributed by atoms with van der Waals surface area (Å²) in [5, 5.41) is 11.5. The molecule has 1 amide bonds. The molecule has 11 nitrogen and oxygen atoms in total. The van der Waals surface area contributed by atoms with Gasteiger partial charge < -0.3 is 15.8 Å². The molecule has 4 heterocycles. The summed E-state index contributed by atoms with van der Waals surface area (Å²) in [5.41, 5.74) is 9.54. The van der Waals surface area contributed by atoms with Crippen molar-refractivity contribution in [2.45, 2.75) is 72.2 Å². The number of halogens is 2. The molecule has 0 bridgehead atoms. The summed E-state index contributed by atoms with van der Waals surface area (Å²) >= 11 is 0. The number of Topliss-reactive ketones (excluding diaryl/α,β-unsaturated/α-hetero) is 1. The Bertz CT molecular complexity index is 1820. The molecule has 0 aliphatic carbocycles. The maximum atomic E-state index is 13.7. The number of ether oxygens (including phenoxy) is 1. The third-order valence-corrected chi connectivity index (χ3v) is 7.08. The molecule has 5 rings (SSSR count). The molecule has 48 heavy (non-hydrogen) atoms. The highest BCUT2D eigenvalue weighted by atomic mass is 19.2. The molecule has 0 aliphatic heterocycles. The van der Waals surface area contributed by atoms with Crippen LogP contribution < -0.4 is 11.1 Å². The number of carbonyl (C=O) groups excluding carboxylic acids is 2. The number of nitrogens with two attached hydrogens (primary N) is 1. The van der Waals surface area contributed by atoms with E-state index < -0.39 is 29.4 Å². The highest BCUT2D eigenvalue weighted by Gasteiger charge is 2.26. The molecule has 0 radical (unpaired) electrons. The number of rotatable bonds is 10. The lowest BCUT2D eigenvalue weighted by molar-refractivity contribution is -0.120. The molecule has 1 aromatic carbocycles. The molecular weight excluding hydrogens is 618 g/mol. The summed E-state index contributed by atoms with van der Waals surface area (Å²) < 4.78 is 35.9. The fourth-order valence-electron chi connectivity index (χ4n) is 4.78. The molecule has 0 fully saturated rings. The number of aromatic nitrogens is 6. The second kappa shape index (κ2) is 15.9. The van der Waals surface area contributed by atoms with Crippen molar-refractivity contribution in [3.8, 4) is 22.5 Å². The van der Waals surface area contributed by atoms with Crippen LogP contribution in [0.5, 0.6) is 0 Å². The lowest BCUT2D eigenvalue weighted by Crippen LogP contribution is -2.45. The average Bonchev–Trinajstić information content (AvgIpc) is 3.65. The average molecular weight is 659 g/mol. The first-order valence-electron chi connectivity index (χ1n) is 15.5. The van der Waals surface area contributed by atoms with Gasteiger partial charge in [0.2, 0.25) is 0 Å². The zero-order chi connectivity index (χ0) is 34.8. The molecule has 0 spiro atoms. The lowest BCUT2D eigenvalue weighted by Gasteiger charge is -2.23. The Labute approximate surface area is 278 Å². The lowest BCUT2D eigenvalue weighted by atomic mass is 9.99. The van der Waals surface area contributed by atoms with Crippen molar-refractivity contribution in [3.63, 3.8) is 0 Å². The molecule has 5 aromatic rings. The Morgan fingerprint density at radius 2 is 1.40 bits per heavy atom. The van der Waals surface area contributed by atoms with Crippen LogP contribution in [0.2, 0.25) is 0 Å². The predicted octanol–water partition coefficient (Wildman–Crippen LogP) is 6.04. The number of anilines is 1. The van der Waals surface area contributed by atoms with Gasteiger partial charge in [0.05, 0.1) is 23.9 Å². The number of benzene rings is 1. The molecule has 0 aliphatic rings. The van der Waals surface area contributed by atoms with E-state index in [0.29, 0.717) is 29.3 Å². The van der Waals surface area contributed by atoms with Crippen LogP contribution >= 0.6 is 0 Å². The molecule has 1 unspecified atom stereocenters. The van der Waals surface area contributed by atoms with E-state index in [4.69, 9.17) is 10.5 Å². The number of pyridine rings is 2. The highest BCUT2D eigenvalue weighted by molar-refractivity contribution is 5.89. The van der Waals surface area contributed by atoms with E-state index in [1.807, 2.05) is 50.2 Å². The van der Waals surface area contributed by atoms with Gasteiger partial charge in [0.15, 0.2) is 17.4 Å². The monoisotopic (exact) mass is 658 g/mol. The van der Waals surface area contributed by atoms with Gasteiger partial charge in [-0.2, -0.15) is 10.2 Å². The standard InChI is InChI=1S/C25H28F2N4O3.C10H12N4/c1-5-31-18(14-21(30-31)17-8-10-28-11-9-17)15-23(32)22(29-24(33)34-25(2,3)4)13-16-6-7-19(26)20(27)12-16;1-2-14-10(11)7-9(13-14)8-3-5-12-6-4-8/h6-12,14,22H,5,13,15H2,1-4H3,(H,29,33);3-7H,2,11H2,1H3. The summed E-state index contributed by atoms with van der Waals surface area (Å²) in [6, 6.07) is 13.6. The molecule has 3 N–H and O–H groups in total. The maximum absolute atomic E-state index is 13.7. The summed E-state index contributed by atoms with van der Waals surface area (Å²) in [4.78, 5) is 33.7. The third kappa shape index (κ3) is 9.77. The minimum absolute atomic E-state index is 0.0178. The van der Waals surface area contributed by atoms with E-state index in [2.05, 4.69) is 25.5 Å². The Kier molecular flexibility index (Phi) is 11.7. The normalized spacial score (nSPS) is 11.7. The van der Waals surface area contributed by atoms with Gasteiger partial charge in [-0.15, -0.1) is 0 Å². The zero-order valence-electron chi connectivity index (χ0n) is 27.7. The largest absolute Gasteiger partial charge is 0.444 e. The number of amides is 1. The first-order valence-corrected chi connectivity index (χ1v) is 15.5. The number of nitrogen functional groups attached to an aromatic ring is 1. The first kappa shape index (κ1) is 35.4. The van der Waals surface area contributed by atoms with Crippen LogP contribution in [0.15, 0.2) is 79.4 Å². The van der Waals surface area contributed by atoms with Crippen molar-refractivity contribution in [2.24, 2.45) is 0 Å². The highest BCUT2D eigenvalue weighted by Crippen LogP contribution is 2.21. The Balaban J connectivity index is 0.000000307. The second-order valence-corrected chi connectivity index (χ2v) is 11.9. The van der Waals surface area contributed by atoms with Gasteiger partial charge in [-0.05, 0) is 89.1 Å². The number of nitrogens with zero attached hydrogens (tertiary/aromatic N) is 6. The molecule has 13 heteroatoms. The first-order chi connectivity index (χ1) is 22.9. The molecule has 1 atom stereocenters. The number of ketones is 1. The predicted molar refractivity (Wildman–Crippen MR) is 179 cm³/mol. The number of aryl methyl sites for hydroxylation is 2. The molecular formula is C35H40F2N8O3. The number of alkyl carbamates (subject to hydrolysis) is 1. The van der Waals surface area contributed by atoms with Gasteiger partial charge in [-0.25, -0.2) is 18.3 Å². The van der Waals surface area contributed by atoms with E-state index in [-0.39, 0.29) is 18.6 Å². The van der Waals surface area contributed by atoms with Crippen LogP contribution in [0.1, 0.15) is 45.9 Å².